The molecule has 0 spiro atoms. The topological polar surface area (TPSA) is 52.7 Å². The van der Waals surface area contributed by atoms with Crippen molar-refractivity contribution in [1.29, 1.82) is 0 Å². The SMILES string of the molecule is O=C(Nc1ccc(F)cc1)C(c1ccccc1)N1CCC(C(=O)N2CCCCCC2)CC1. The predicted octanol–water partition coefficient (Wildman–Crippen LogP) is 4.62. The van der Waals surface area contributed by atoms with Gasteiger partial charge in [-0.15, -0.1) is 0 Å². The molecular weight excluding hydrogens is 405 g/mol. The zero-order valence-corrected chi connectivity index (χ0v) is 18.5. The van der Waals surface area contributed by atoms with Crippen LogP contribution in [0.25, 0.3) is 0 Å². The summed E-state index contributed by atoms with van der Waals surface area (Å²) in [5, 5.41) is 2.94. The highest BCUT2D eigenvalue weighted by Crippen LogP contribution is 2.29. The molecular formula is C26H32FN3O2. The van der Waals surface area contributed by atoms with Gasteiger partial charge in [-0.05, 0) is 68.6 Å². The van der Waals surface area contributed by atoms with Crippen LogP contribution in [0.5, 0.6) is 0 Å². The molecule has 1 N–H and O–H groups in total. The Labute approximate surface area is 189 Å². The monoisotopic (exact) mass is 437 g/mol. The number of hydrogen-bond donors (Lipinski definition) is 1. The van der Waals surface area contributed by atoms with Gasteiger partial charge in [0.25, 0.3) is 0 Å². The third-order valence-electron chi connectivity index (χ3n) is 6.64. The van der Waals surface area contributed by atoms with Crippen LogP contribution in [-0.4, -0.2) is 47.8 Å². The molecule has 2 heterocycles. The lowest BCUT2D eigenvalue weighted by Crippen LogP contribution is -2.46. The number of carbonyl (C=O) groups excluding carboxylic acids is 2. The molecule has 32 heavy (non-hydrogen) atoms. The summed E-state index contributed by atoms with van der Waals surface area (Å²) in [6.07, 6.45) is 6.16. The van der Waals surface area contributed by atoms with E-state index >= 15 is 0 Å². The van der Waals surface area contributed by atoms with Crippen LogP contribution in [0.15, 0.2) is 54.6 Å². The van der Waals surface area contributed by atoms with Gasteiger partial charge < -0.3 is 10.2 Å². The summed E-state index contributed by atoms with van der Waals surface area (Å²) < 4.78 is 13.2. The number of halogens is 1. The van der Waals surface area contributed by atoms with Gasteiger partial charge in [-0.3, -0.25) is 14.5 Å². The van der Waals surface area contributed by atoms with Crippen molar-refractivity contribution in [2.75, 3.05) is 31.5 Å². The van der Waals surface area contributed by atoms with E-state index in [1.807, 2.05) is 30.3 Å². The average molecular weight is 438 g/mol. The lowest BCUT2D eigenvalue weighted by Gasteiger charge is -2.38. The first-order valence-corrected chi connectivity index (χ1v) is 11.8. The molecule has 1 atom stereocenters. The minimum Gasteiger partial charge on any atom is -0.342 e. The molecule has 2 aliphatic rings. The van der Waals surface area contributed by atoms with Gasteiger partial charge in [0.15, 0.2) is 0 Å². The van der Waals surface area contributed by atoms with Gasteiger partial charge in [0.05, 0.1) is 0 Å². The predicted molar refractivity (Wildman–Crippen MR) is 124 cm³/mol. The van der Waals surface area contributed by atoms with Crippen molar-refractivity contribution in [3.63, 3.8) is 0 Å². The Morgan fingerprint density at radius 2 is 1.47 bits per heavy atom. The van der Waals surface area contributed by atoms with Crippen molar-refractivity contribution in [1.82, 2.24) is 9.80 Å². The number of benzene rings is 2. The van der Waals surface area contributed by atoms with Crippen LogP contribution in [0.1, 0.15) is 50.1 Å². The van der Waals surface area contributed by atoms with E-state index in [1.165, 1.54) is 25.0 Å². The number of nitrogens with one attached hydrogen (secondary N) is 1. The van der Waals surface area contributed by atoms with Crippen LogP contribution in [-0.2, 0) is 9.59 Å². The standard InChI is InChI=1S/C26H32FN3O2/c27-22-10-12-23(13-11-22)28-25(31)24(20-8-4-3-5-9-20)29-18-14-21(15-19-29)26(32)30-16-6-1-2-7-17-30/h3-5,8-13,21,24H,1-2,6-7,14-19H2,(H,28,31). The van der Waals surface area contributed by atoms with Gasteiger partial charge >= 0.3 is 0 Å². The quantitative estimate of drug-likeness (QED) is 0.743. The van der Waals surface area contributed by atoms with Crippen molar-refractivity contribution in [2.24, 2.45) is 5.92 Å². The molecule has 0 aromatic heterocycles. The van der Waals surface area contributed by atoms with E-state index < -0.39 is 6.04 Å². The fraction of sp³-hybridized carbons (Fsp3) is 0.462. The lowest BCUT2D eigenvalue weighted by atomic mass is 9.92. The van der Waals surface area contributed by atoms with Gasteiger partial charge in [0, 0.05) is 24.7 Å². The van der Waals surface area contributed by atoms with Crippen molar-refractivity contribution in [3.05, 3.63) is 66.0 Å². The molecule has 2 aromatic carbocycles. The van der Waals surface area contributed by atoms with Crippen LogP contribution < -0.4 is 5.32 Å². The van der Waals surface area contributed by atoms with Gasteiger partial charge in [0.2, 0.25) is 11.8 Å². The Hall–Kier alpha value is -2.73. The van der Waals surface area contributed by atoms with E-state index in [0.717, 1.165) is 44.3 Å². The molecule has 0 radical (unpaired) electrons. The number of rotatable bonds is 5. The maximum atomic E-state index is 13.3. The average Bonchev–Trinajstić information content (AvgIpc) is 3.11. The molecule has 0 bridgehead atoms. The summed E-state index contributed by atoms with van der Waals surface area (Å²) >= 11 is 0. The molecule has 1 unspecified atom stereocenters. The minimum atomic E-state index is -0.449. The van der Waals surface area contributed by atoms with Crippen LogP contribution in [0.3, 0.4) is 0 Å². The minimum absolute atomic E-state index is 0.0425. The lowest BCUT2D eigenvalue weighted by molar-refractivity contribution is -0.137. The molecule has 0 saturated carbocycles. The summed E-state index contributed by atoms with van der Waals surface area (Å²) in [5.41, 5.74) is 1.49. The fourth-order valence-corrected chi connectivity index (χ4v) is 4.86. The highest BCUT2D eigenvalue weighted by atomic mass is 19.1. The summed E-state index contributed by atoms with van der Waals surface area (Å²) in [6.45, 7) is 3.15. The van der Waals surface area contributed by atoms with E-state index in [4.69, 9.17) is 0 Å². The second-order valence-electron chi connectivity index (χ2n) is 8.86. The molecule has 0 aliphatic carbocycles. The second-order valence-corrected chi connectivity index (χ2v) is 8.86. The fourth-order valence-electron chi connectivity index (χ4n) is 4.86. The Morgan fingerprint density at radius 1 is 0.844 bits per heavy atom. The number of nitrogens with zero attached hydrogens (tertiary/aromatic N) is 2. The van der Waals surface area contributed by atoms with E-state index in [9.17, 15) is 14.0 Å². The Kier molecular flexibility index (Phi) is 7.53. The molecule has 2 fully saturated rings. The third kappa shape index (κ3) is 5.54. The van der Waals surface area contributed by atoms with Crippen molar-refractivity contribution >= 4 is 17.5 Å². The van der Waals surface area contributed by atoms with E-state index in [0.29, 0.717) is 24.7 Å². The van der Waals surface area contributed by atoms with Crippen LogP contribution in [0.4, 0.5) is 10.1 Å². The van der Waals surface area contributed by atoms with E-state index in [-0.39, 0.29) is 17.6 Å². The molecule has 5 nitrogen and oxygen atoms in total. The maximum Gasteiger partial charge on any atom is 0.246 e. The van der Waals surface area contributed by atoms with Crippen LogP contribution >= 0.6 is 0 Å². The smallest absolute Gasteiger partial charge is 0.246 e. The Morgan fingerprint density at radius 3 is 2.09 bits per heavy atom. The van der Waals surface area contributed by atoms with E-state index in [2.05, 4.69) is 15.1 Å². The highest BCUT2D eigenvalue weighted by Gasteiger charge is 2.34. The van der Waals surface area contributed by atoms with Crippen molar-refractivity contribution in [2.45, 2.75) is 44.6 Å². The van der Waals surface area contributed by atoms with Gasteiger partial charge in [-0.2, -0.15) is 0 Å². The summed E-state index contributed by atoms with van der Waals surface area (Å²) in [7, 11) is 0. The van der Waals surface area contributed by atoms with Crippen LogP contribution in [0.2, 0.25) is 0 Å². The first-order valence-electron chi connectivity index (χ1n) is 11.8. The number of amides is 2. The zero-order chi connectivity index (χ0) is 22.3. The van der Waals surface area contributed by atoms with Gasteiger partial charge in [-0.25, -0.2) is 4.39 Å². The molecule has 2 amide bonds. The Balaban J connectivity index is 1.43. The number of likely N-dealkylation sites (tertiary alicyclic amines) is 2. The first-order chi connectivity index (χ1) is 15.6. The largest absolute Gasteiger partial charge is 0.342 e. The molecule has 2 saturated heterocycles. The van der Waals surface area contributed by atoms with Gasteiger partial charge in [-0.1, -0.05) is 43.2 Å². The van der Waals surface area contributed by atoms with E-state index in [1.54, 1.807) is 12.1 Å². The second kappa shape index (κ2) is 10.7. The Bertz CT molecular complexity index is 887. The molecule has 2 aliphatic heterocycles. The number of carbonyl (C=O) groups is 2. The molecule has 2 aromatic rings. The molecule has 4 rings (SSSR count). The summed E-state index contributed by atoms with van der Waals surface area (Å²) in [4.78, 5) is 30.6. The number of piperidine rings is 1. The summed E-state index contributed by atoms with van der Waals surface area (Å²) in [5.74, 6) is -0.140. The number of hydrogen-bond acceptors (Lipinski definition) is 3. The van der Waals surface area contributed by atoms with Crippen molar-refractivity contribution in [3.8, 4) is 0 Å². The zero-order valence-electron chi connectivity index (χ0n) is 18.5. The highest BCUT2D eigenvalue weighted by molar-refractivity contribution is 5.95. The number of anilines is 1. The first kappa shape index (κ1) is 22.5. The normalized spacial score (nSPS) is 19.2. The van der Waals surface area contributed by atoms with Gasteiger partial charge in [0.1, 0.15) is 11.9 Å². The van der Waals surface area contributed by atoms with Crippen molar-refractivity contribution < 1.29 is 14.0 Å². The summed E-state index contributed by atoms with van der Waals surface area (Å²) in [6, 6.07) is 15.1. The third-order valence-corrected chi connectivity index (χ3v) is 6.64. The maximum absolute atomic E-state index is 13.3. The molecule has 6 heteroatoms. The molecule has 170 valence electrons. The van der Waals surface area contributed by atoms with Crippen LogP contribution in [0, 0.1) is 11.7 Å².